The molecular formula is C24H19ClN4O4S. The zero-order valence-corrected chi connectivity index (χ0v) is 19.3. The smallest absolute Gasteiger partial charge is 0.277 e. The third kappa shape index (κ3) is 6.37. The highest BCUT2D eigenvalue weighted by Crippen LogP contribution is 2.25. The van der Waals surface area contributed by atoms with Gasteiger partial charge in [-0.15, -0.1) is 10.2 Å². The molecule has 34 heavy (non-hydrogen) atoms. The van der Waals surface area contributed by atoms with E-state index in [1.165, 1.54) is 0 Å². The van der Waals surface area contributed by atoms with Crippen molar-refractivity contribution in [3.05, 3.63) is 95.3 Å². The number of aromatic nitrogens is 2. The van der Waals surface area contributed by atoms with Gasteiger partial charge in [0.15, 0.2) is 6.61 Å². The maximum Gasteiger partial charge on any atom is 0.277 e. The molecule has 172 valence electrons. The highest BCUT2D eigenvalue weighted by molar-refractivity contribution is 7.99. The van der Waals surface area contributed by atoms with Crippen LogP contribution in [0.2, 0.25) is 5.02 Å². The highest BCUT2D eigenvalue weighted by atomic mass is 35.5. The van der Waals surface area contributed by atoms with Gasteiger partial charge in [0.1, 0.15) is 5.75 Å². The number of amides is 2. The molecule has 0 aliphatic carbocycles. The van der Waals surface area contributed by atoms with E-state index < -0.39 is 0 Å². The van der Waals surface area contributed by atoms with Crippen LogP contribution in [-0.4, -0.2) is 27.8 Å². The third-order valence-corrected chi connectivity index (χ3v) is 5.57. The van der Waals surface area contributed by atoms with Crippen molar-refractivity contribution in [1.82, 2.24) is 10.2 Å². The van der Waals surface area contributed by atoms with Gasteiger partial charge in [0, 0.05) is 5.69 Å². The molecule has 0 fully saturated rings. The number of nitrogens with one attached hydrogen (secondary N) is 2. The molecule has 4 rings (SSSR count). The van der Waals surface area contributed by atoms with Crippen LogP contribution < -0.4 is 15.4 Å². The first-order chi connectivity index (χ1) is 16.6. The minimum absolute atomic E-state index is 0.0155. The van der Waals surface area contributed by atoms with Crippen molar-refractivity contribution in [3.63, 3.8) is 0 Å². The molecule has 1 aromatic heterocycles. The van der Waals surface area contributed by atoms with Crippen molar-refractivity contribution in [1.29, 1.82) is 0 Å². The number of hydrogen-bond donors (Lipinski definition) is 2. The molecule has 0 radical (unpaired) electrons. The van der Waals surface area contributed by atoms with E-state index in [-0.39, 0.29) is 35.3 Å². The lowest BCUT2D eigenvalue weighted by Crippen LogP contribution is -2.19. The first kappa shape index (κ1) is 23.3. The van der Waals surface area contributed by atoms with Crippen molar-refractivity contribution in [2.75, 3.05) is 16.4 Å². The molecule has 10 heteroatoms. The summed E-state index contributed by atoms with van der Waals surface area (Å²) in [7, 11) is 0. The van der Waals surface area contributed by atoms with Crippen molar-refractivity contribution in [2.45, 2.75) is 11.8 Å². The number of para-hydroxylation sites is 3. The molecule has 8 nitrogen and oxygen atoms in total. The Morgan fingerprint density at radius 2 is 1.65 bits per heavy atom. The van der Waals surface area contributed by atoms with Gasteiger partial charge in [0.2, 0.25) is 5.91 Å². The first-order valence-electron chi connectivity index (χ1n) is 10.2. The molecule has 4 aromatic rings. The quantitative estimate of drug-likeness (QED) is 0.305. The topological polar surface area (TPSA) is 106 Å². The summed E-state index contributed by atoms with van der Waals surface area (Å²) in [5, 5.41) is 14.1. The van der Waals surface area contributed by atoms with Gasteiger partial charge in [-0.1, -0.05) is 65.8 Å². The van der Waals surface area contributed by atoms with Crippen LogP contribution in [0.3, 0.4) is 0 Å². The predicted octanol–water partition coefficient (Wildman–Crippen LogP) is 5.29. The van der Waals surface area contributed by atoms with Crippen LogP contribution in [0.1, 0.15) is 16.2 Å². The Labute approximate surface area is 204 Å². The van der Waals surface area contributed by atoms with Gasteiger partial charge in [-0.25, -0.2) is 0 Å². The molecule has 0 aliphatic heterocycles. The summed E-state index contributed by atoms with van der Waals surface area (Å²) in [6, 6.07) is 22.9. The summed E-state index contributed by atoms with van der Waals surface area (Å²) in [6.07, 6.45) is 0. The summed E-state index contributed by atoms with van der Waals surface area (Å²) in [4.78, 5) is 25.1. The number of nitrogens with zero attached hydrogens (tertiary/aromatic N) is 2. The average Bonchev–Trinajstić information content (AvgIpc) is 3.31. The average molecular weight is 495 g/mol. The Balaban J connectivity index is 1.30. The Morgan fingerprint density at radius 1 is 0.912 bits per heavy atom. The second-order valence-electron chi connectivity index (χ2n) is 6.88. The number of rotatable bonds is 9. The SMILES string of the molecule is O=C(CSc1nnc(COc2ccccc2Cl)o1)Nc1ccccc1C(=O)Nc1ccccc1. The largest absolute Gasteiger partial charge is 0.482 e. The van der Waals surface area contributed by atoms with Crippen molar-refractivity contribution >= 4 is 46.6 Å². The molecule has 0 bridgehead atoms. The number of benzene rings is 3. The lowest BCUT2D eigenvalue weighted by molar-refractivity contribution is -0.113. The number of hydrogen-bond acceptors (Lipinski definition) is 7. The van der Waals surface area contributed by atoms with Crippen molar-refractivity contribution in [3.8, 4) is 5.75 Å². The van der Waals surface area contributed by atoms with E-state index in [0.717, 1.165) is 11.8 Å². The Kier molecular flexibility index (Phi) is 7.79. The second-order valence-corrected chi connectivity index (χ2v) is 8.22. The van der Waals surface area contributed by atoms with Crippen LogP contribution in [0.5, 0.6) is 5.75 Å². The van der Waals surface area contributed by atoms with E-state index in [4.69, 9.17) is 20.8 Å². The zero-order valence-electron chi connectivity index (χ0n) is 17.7. The van der Waals surface area contributed by atoms with Gasteiger partial charge in [-0.3, -0.25) is 9.59 Å². The fourth-order valence-corrected chi connectivity index (χ4v) is 3.65. The van der Waals surface area contributed by atoms with Crippen LogP contribution in [0.25, 0.3) is 0 Å². The van der Waals surface area contributed by atoms with Crippen LogP contribution in [0.4, 0.5) is 11.4 Å². The van der Waals surface area contributed by atoms with Crippen LogP contribution in [0.15, 0.2) is 88.5 Å². The molecule has 2 amide bonds. The molecule has 0 saturated heterocycles. The number of thioether (sulfide) groups is 1. The number of carbonyl (C=O) groups excluding carboxylic acids is 2. The molecule has 3 aromatic carbocycles. The fourth-order valence-electron chi connectivity index (χ4n) is 2.88. The standard InChI is InChI=1S/C24H19ClN4O4S/c25-18-11-5-7-13-20(18)32-14-22-28-29-24(33-22)34-15-21(30)27-19-12-6-4-10-17(19)23(31)26-16-8-2-1-3-9-16/h1-13H,14-15H2,(H,26,31)(H,27,30). The van der Waals surface area contributed by atoms with Crippen LogP contribution in [-0.2, 0) is 11.4 Å². The zero-order chi connectivity index (χ0) is 23.8. The molecule has 1 heterocycles. The minimum Gasteiger partial charge on any atom is -0.482 e. The summed E-state index contributed by atoms with van der Waals surface area (Å²) < 4.78 is 11.1. The molecule has 0 spiro atoms. The van der Waals surface area contributed by atoms with Gasteiger partial charge in [0.05, 0.1) is 22.0 Å². The fraction of sp³-hybridized carbons (Fsp3) is 0.0833. The Morgan fingerprint density at radius 3 is 2.47 bits per heavy atom. The van der Waals surface area contributed by atoms with Gasteiger partial charge >= 0.3 is 0 Å². The lowest BCUT2D eigenvalue weighted by atomic mass is 10.1. The highest BCUT2D eigenvalue weighted by Gasteiger charge is 2.15. The number of halogens is 1. The second kappa shape index (κ2) is 11.4. The molecule has 0 unspecified atom stereocenters. The molecule has 0 saturated carbocycles. The van der Waals surface area contributed by atoms with E-state index in [0.29, 0.717) is 27.7 Å². The Bertz CT molecular complexity index is 1280. The van der Waals surface area contributed by atoms with Gasteiger partial charge in [-0.2, -0.15) is 0 Å². The summed E-state index contributed by atoms with van der Waals surface area (Å²) in [5.41, 5.74) is 1.41. The predicted molar refractivity (Wildman–Crippen MR) is 130 cm³/mol. The summed E-state index contributed by atoms with van der Waals surface area (Å²) in [5.74, 6) is 0.130. The van der Waals surface area contributed by atoms with Gasteiger partial charge in [0.25, 0.3) is 17.0 Å². The molecule has 0 atom stereocenters. The van der Waals surface area contributed by atoms with Gasteiger partial charge < -0.3 is 19.8 Å². The maximum atomic E-state index is 12.7. The van der Waals surface area contributed by atoms with E-state index in [1.807, 2.05) is 18.2 Å². The first-order valence-corrected chi connectivity index (χ1v) is 11.5. The third-order valence-electron chi connectivity index (χ3n) is 4.44. The minimum atomic E-state index is -0.324. The summed E-state index contributed by atoms with van der Waals surface area (Å²) in [6.45, 7) is 0.0490. The van der Waals surface area contributed by atoms with Crippen molar-refractivity contribution in [2.24, 2.45) is 0 Å². The van der Waals surface area contributed by atoms with Crippen LogP contribution >= 0.6 is 23.4 Å². The summed E-state index contributed by atoms with van der Waals surface area (Å²) >= 11 is 7.13. The number of carbonyl (C=O) groups is 2. The van der Waals surface area contributed by atoms with Crippen LogP contribution in [0, 0.1) is 0 Å². The van der Waals surface area contributed by atoms with E-state index in [9.17, 15) is 9.59 Å². The Hall–Kier alpha value is -3.82. The molecular weight excluding hydrogens is 476 g/mol. The number of anilines is 2. The van der Waals surface area contributed by atoms with Crippen molar-refractivity contribution < 1.29 is 18.7 Å². The number of ether oxygens (including phenoxy) is 1. The van der Waals surface area contributed by atoms with E-state index in [2.05, 4.69) is 20.8 Å². The monoisotopic (exact) mass is 494 g/mol. The van der Waals surface area contributed by atoms with E-state index in [1.54, 1.807) is 60.7 Å². The van der Waals surface area contributed by atoms with Gasteiger partial charge in [-0.05, 0) is 36.4 Å². The maximum absolute atomic E-state index is 12.7. The normalized spacial score (nSPS) is 10.5. The molecule has 2 N–H and O–H groups in total. The lowest BCUT2D eigenvalue weighted by Gasteiger charge is -2.11. The van der Waals surface area contributed by atoms with E-state index >= 15 is 0 Å². The molecule has 0 aliphatic rings.